The lowest BCUT2D eigenvalue weighted by Gasteiger charge is -2.31. The Bertz CT molecular complexity index is 447. The van der Waals surface area contributed by atoms with Crippen LogP contribution in [0.4, 0.5) is 17.6 Å². The molecule has 0 bridgehead atoms. The number of rotatable bonds is 2. The van der Waals surface area contributed by atoms with E-state index in [1.807, 2.05) is 0 Å². The Hall–Kier alpha value is -1.14. The molecule has 1 aromatic rings. The Labute approximate surface area is 108 Å². The maximum absolute atomic E-state index is 13.2. The lowest BCUT2D eigenvalue weighted by atomic mass is 9.89. The van der Waals surface area contributed by atoms with Crippen LogP contribution < -0.4 is 5.73 Å². The molecule has 1 aromatic carbocycles. The molecule has 2 unspecified atom stereocenters. The second kappa shape index (κ2) is 5.46. The first kappa shape index (κ1) is 14.3. The van der Waals surface area contributed by atoms with Crippen LogP contribution in [0.5, 0.6) is 0 Å². The second-order valence-corrected chi connectivity index (χ2v) is 4.67. The average molecular weight is 277 g/mol. The van der Waals surface area contributed by atoms with E-state index in [1.54, 1.807) is 0 Å². The summed E-state index contributed by atoms with van der Waals surface area (Å²) in [5.41, 5.74) is 4.69. The molecule has 0 saturated carbocycles. The SMILES string of the molecule is NCC1CCCOC1c1ccc(F)c(C(F)(F)F)c1. The molecular formula is C13H15F4NO. The molecule has 2 atom stereocenters. The van der Waals surface area contributed by atoms with Crippen molar-refractivity contribution in [2.75, 3.05) is 13.2 Å². The van der Waals surface area contributed by atoms with Gasteiger partial charge in [-0.1, -0.05) is 6.07 Å². The van der Waals surface area contributed by atoms with Crippen molar-refractivity contribution in [3.8, 4) is 0 Å². The minimum atomic E-state index is -4.70. The Kier molecular flexibility index (Phi) is 4.10. The van der Waals surface area contributed by atoms with Gasteiger partial charge in [-0.15, -0.1) is 0 Å². The van der Waals surface area contributed by atoms with E-state index in [2.05, 4.69) is 0 Å². The third kappa shape index (κ3) is 3.06. The minimum absolute atomic E-state index is 0.0275. The van der Waals surface area contributed by atoms with Crippen molar-refractivity contribution >= 4 is 0 Å². The molecule has 0 radical (unpaired) electrons. The zero-order valence-electron chi connectivity index (χ0n) is 10.2. The zero-order valence-corrected chi connectivity index (χ0v) is 10.2. The lowest BCUT2D eigenvalue weighted by Crippen LogP contribution is -2.29. The Balaban J connectivity index is 2.34. The molecule has 6 heteroatoms. The van der Waals surface area contributed by atoms with Gasteiger partial charge < -0.3 is 10.5 Å². The highest BCUT2D eigenvalue weighted by atomic mass is 19.4. The van der Waals surface area contributed by atoms with Gasteiger partial charge in [0.05, 0.1) is 11.7 Å². The fourth-order valence-electron chi connectivity index (χ4n) is 2.39. The second-order valence-electron chi connectivity index (χ2n) is 4.67. The first-order chi connectivity index (χ1) is 8.93. The average Bonchev–Trinajstić information content (AvgIpc) is 2.38. The van der Waals surface area contributed by atoms with Crippen molar-refractivity contribution in [1.29, 1.82) is 0 Å². The molecule has 0 spiro atoms. The van der Waals surface area contributed by atoms with Crippen LogP contribution >= 0.6 is 0 Å². The molecule has 1 saturated heterocycles. The fourth-order valence-corrected chi connectivity index (χ4v) is 2.39. The molecule has 2 N–H and O–H groups in total. The van der Waals surface area contributed by atoms with Crippen molar-refractivity contribution in [3.63, 3.8) is 0 Å². The molecular weight excluding hydrogens is 262 g/mol. The fraction of sp³-hybridized carbons (Fsp3) is 0.538. The largest absolute Gasteiger partial charge is 0.419 e. The summed E-state index contributed by atoms with van der Waals surface area (Å²) in [6, 6.07) is 3.00. The molecule has 1 aliphatic rings. The molecule has 0 aliphatic carbocycles. The van der Waals surface area contributed by atoms with Crippen molar-refractivity contribution < 1.29 is 22.3 Å². The molecule has 19 heavy (non-hydrogen) atoms. The third-order valence-corrected chi connectivity index (χ3v) is 3.37. The topological polar surface area (TPSA) is 35.2 Å². The maximum Gasteiger partial charge on any atom is 0.419 e. The van der Waals surface area contributed by atoms with Crippen molar-refractivity contribution in [3.05, 3.63) is 35.1 Å². The van der Waals surface area contributed by atoms with Crippen molar-refractivity contribution in [2.24, 2.45) is 11.7 Å². The predicted octanol–water partition coefficient (Wildman–Crippen LogP) is 3.27. The van der Waals surface area contributed by atoms with E-state index in [0.717, 1.165) is 25.0 Å². The first-order valence-corrected chi connectivity index (χ1v) is 6.12. The van der Waals surface area contributed by atoms with E-state index in [1.165, 1.54) is 6.07 Å². The van der Waals surface area contributed by atoms with Crippen LogP contribution in [-0.2, 0) is 10.9 Å². The van der Waals surface area contributed by atoms with Gasteiger partial charge in [-0.05, 0) is 37.1 Å². The van der Waals surface area contributed by atoms with Crippen LogP contribution in [0.1, 0.15) is 30.1 Å². The van der Waals surface area contributed by atoms with Gasteiger partial charge in [0.15, 0.2) is 0 Å². The quantitative estimate of drug-likeness (QED) is 0.842. The van der Waals surface area contributed by atoms with Crippen LogP contribution in [0, 0.1) is 11.7 Å². The number of alkyl halides is 3. The van der Waals surface area contributed by atoms with E-state index in [-0.39, 0.29) is 5.92 Å². The molecule has 0 aromatic heterocycles. The predicted molar refractivity (Wildman–Crippen MR) is 61.9 cm³/mol. The van der Waals surface area contributed by atoms with Gasteiger partial charge in [0, 0.05) is 12.5 Å². The maximum atomic E-state index is 13.2. The highest BCUT2D eigenvalue weighted by molar-refractivity contribution is 5.29. The number of benzene rings is 1. The van der Waals surface area contributed by atoms with Crippen LogP contribution in [0.15, 0.2) is 18.2 Å². The Morgan fingerprint density at radius 3 is 2.68 bits per heavy atom. The van der Waals surface area contributed by atoms with E-state index in [4.69, 9.17) is 10.5 Å². The van der Waals surface area contributed by atoms with Crippen LogP contribution in [0.2, 0.25) is 0 Å². The number of hydrogen-bond acceptors (Lipinski definition) is 2. The smallest absolute Gasteiger partial charge is 0.373 e. The summed E-state index contributed by atoms with van der Waals surface area (Å²) in [7, 11) is 0. The lowest BCUT2D eigenvalue weighted by molar-refractivity contribution is -0.140. The van der Waals surface area contributed by atoms with Gasteiger partial charge in [-0.3, -0.25) is 0 Å². The summed E-state index contributed by atoms with van der Waals surface area (Å²) in [5, 5.41) is 0. The van der Waals surface area contributed by atoms with Gasteiger partial charge in [0.25, 0.3) is 0 Å². The molecule has 0 amide bonds. The number of nitrogens with two attached hydrogens (primary N) is 1. The molecule has 1 aliphatic heterocycles. The van der Waals surface area contributed by atoms with E-state index in [0.29, 0.717) is 18.7 Å². The van der Waals surface area contributed by atoms with Gasteiger partial charge in [-0.25, -0.2) is 4.39 Å². The number of halogens is 4. The van der Waals surface area contributed by atoms with Gasteiger partial charge >= 0.3 is 6.18 Å². The summed E-state index contributed by atoms with van der Waals surface area (Å²) in [6.45, 7) is 0.823. The van der Waals surface area contributed by atoms with Crippen molar-refractivity contribution in [2.45, 2.75) is 25.1 Å². The molecule has 2 nitrogen and oxygen atoms in total. The van der Waals surface area contributed by atoms with Gasteiger partial charge in [0.1, 0.15) is 5.82 Å². The van der Waals surface area contributed by atoms with E-state index in [9.17, 15) is 17.6 Å². The van der Waals surface area contributed by atoms with E-state index < -0.39 is 23.7 Å². The standard InChI is InChI=1S/C13H15F4NO/c14-11-4-3-8(6-10(11)13(15,16)17)12-9(7-18)2-1-5-19-12/h3-4,6,9,12H,1-2,5,7,18H2. The normalized spacial score (nSPS) is 24.5. The summed E-state index contributed by atoms with van der Waals surface area (Å²) in [6.07, 6.45) is -3.54. The van der Waals surface area contributed by atoms with Crippen LogP contribution in [-0.4, -0.2) is 13.2 Å². The molecule has 1 heterocycles. The number of hydrogen-bond donors (Lipinski definition) is 1. The summed E-state index contributed by atoms with van der Waals surface area (Å²) < 4.78 is 56.7. The molecule has 1 fully saturated rings. The summed E-state index contributed by atoms with van der Waals surface area (Å²) in [5.74, 6) is -1.29. The highest BCUT2D eigenvalue weighted by Crippen LogP contribution is 2.37. The Morgan fingerprint density at radius 2 is 2.05 bits per heavy atom. The first-order valence-electron chi connectivity index (χ1n) is 6.12. The summed E-state index contributed by atoms with van der Waals surface area (Å²) >= 11 is 0. The third-order valence-electron chi connectivity index (χ3n) is 3.37. The van der Waals surface area contributed by atoms with Gasteiger partial charge in [0.2, 0.25) is 0 Å². The number of ether oxygens (including phenoxy) is 1. The Morgan fingerprint density at radius 1 is 1.32 bits per heavy atom. The van der Waals surface area contributed by atoms with Gasteiger partial charge in [-0.2, -0.15) is 13.2 Å². The van der Waals surface area contributed by atoms with Crippen LogP contribution in [0.3, 0.4) is 0 Å². The summed E-state index contributed by atoms with van der Waals surface area (Å²) in [4.78, 5) is 0. The highest BCUT2D eigenvalue weighted by Gasteiger charge is 2.36. The zero-order chi connectivity index (χ0) is 14.0. The van der Waals surface area contributed by atoms with Crippen molar-refractivity contribution in [1.82, 2.24) is 0 Å². The molecule has 2 rings (SSSR count). The molecule has 106 valence electrons. The van der Waals surface area contributed by atoms with Crippen LogP contribution in [0.25, 0.3) is 0 Å². The van der Waals surface area contributed by atoms with E-state index >= 15 is 0 Å². The minimum Gasteiger partial charge on any atom is -0.373 e. The monoisotopic (exact) mass is 277 g/mol.